The number of benzene rings is 1. The summed E-state index contributed by atoms with van der Waals surface area (Å²) in [7, 11) is 1.59. The molecule has 4 nitrogen and oxygen atoms in total. The molecule has 104 valence electrons. The average Bonchev–Trinajstić information content (AvgIpc) is 3.24. The minimum atomic E-state index is -0.107. The first kappa shape index (κ1) is 13.1. The topological polar surface area (TPSA) is 51.2 Å². The third kappa shape index (κ3) is 2.99. The molecule has 3 rings (SSSR count). The first-order valence-corrected chi connectivity index (χ1v) is 7.51. The second kappa shape index (κ2) is 5.63. The lowest BCUT2D eigenvalue weighted by Crippen LogP contribution is -2.22. The Balaban J connectivity index is 1.60. The van der Waals surface area contributed by atoms with Crippen molar-refractivity contribution in [1.82, 2.24) is 10.3 Å². The van der Waals surface area contributed by atoms with Crippen LogP contribution in [0.2, 0.25) is 0 Å². The summed E-state index contributed by atoms with van der Waals surface area (Å²) in [6, 6.07) is 7.13. The van der Waals surface area contributed by atoms with E-state index in [1.165, 1.54) is 17.8 Å². The van der Waals surface area contributed by atoms with Gasteiger partial charge in [-0.1, -0.05) is 6.07 Å². The zero-order chi connectivity index (χ0) is 13.9. The SMILES string of the molecule is COc1cccc(C(=O)NCc2csc(C3CC3)n2)c1. The van der Waals surface area contributed by atoms with Crippen molar-refractivity contribution in [3.05, 3.63) is 45.9 Å². The Hall–Kier alpha value is -1.88. The van der Waals surface area contributed by atoms with Crippen molar-refractivity contribution in [2.24, 2.45) is 0 Å². The number of rotatable bonds is 5. The van der Waals surface area contributed by atoms with E-state index >= 15 is 0 Å². The van der Waals surface area contributed by atoms with Gasteiger partial charge >= 0.3 is 0 Å². The molecule has 0 aliphatic heterocycles. The van der Waals surface area contributed by atoms with Gasteiger partial charge in [-0.3, -0.25) is 4.79 Å². The van der Waals surface area contributed by atoms with Crippen LogP contribution in [0.25, 0.3) is 0 Å². The van der Waals surface area contributed by atoms with Crippen molar-refractivity contribution in [1.29, 1.82) is 0 Å². The van der Waals surface area contributed by atoms with Crippen molar-refractivity contribution < 1.29 is 9.53 Å². The molecular weight excluding hydrogens is 272 g/mol. The number of hydrogen-bond donors (Lipinski definition) is 1. The molecule has 0 unspecified atom stereocenters. The van der Waals surface area contributed by atoms with Gasteiger partial charge < -0.3 is 10.1 Å². The molecule has 5 heteroatoms. The average molecular weight is 288 g/mol. The molecule has 1 amide bonds. The van der Waals surface area contributed by atoms with E-state index in [2.05, 4.69) is 10.3 Å². The van der Waals surface area contributed by atoms with E-state index in [9.17, 15) is 4.79 Å². The lowest BCUT2D eigenvalue weighted by molar-refractivity contribution is 0.0950. The third-order valence-electron chi connectivity index (χ3n) is 3.26. The van der Waals surface area contributed by atoms with Crippen molar-refractivity contribution in [2.45, 2.75) is 25.3 Å². The maximum absolute atomic E-state index is 12.0. The molecule has 0 saturated heterocycles. The Morgan fingerprint density at radius 1 is 1.50 bits per heavy atom. The van der Waals surface area contributed by atoms with Crippen LogP contribution in [0.1, 0.15) is 39.8 Å². The lowest BCUT2D eigenvalue weighted by atomic mass is 10.2. The number of aromatic nitrogens is 1. The molecule has 0 atom stereocenters. The molecule has 1 N–H and O–H groups in total. The van der Waals surface area contributed by atoms with Gasteiger partial charge in [-0.25, -0.2) is 4.98 Å². The summed E-state index contributed by atoms with van der Waals surface area (Å²) in [4.78, 5) is 16.6. The van der Waals surface area contributed by atoms with Crippen LogP contribution in [0.4, 0.5) is 0 Å². The smallest absolute Gasteiger partial charge is 0.251 e. The second-order valence-electron chi connectivity index (χ2n) is 4.87. The second-order valence-corrected chi connectivity index (χ2v) is 5.76. The monoisotopic (exact) mass is 288 g/mol. The summed E-state index contributed by atoms with van der Waals surface area (Å²) in [5, 5.41) is 6.12. The highest BCUT2D eigenvalue weighted by Crippen LogP contribution is 2.41. The van der Waals surface area contributed by atoms with Crippen LogP contribution in [-0.4, -0.2) is 18.0 Å². The van der Waals surface area contributed by atoms with E-state index in [0.29, 0.717) is 23.8 Å². The fourth-order valence-corrected chi connectivity index (χ4v) is 2.95. The van der Waals surface area contributed by atoms with Gasteiger partial charge in [0.25, 0.3) is 5.91 Å². The van der Waals surface area contributed by atoms with E-state index in [1.807, 2.05) is 17.5 Å². The Morgan fingerprint density at radius 3 is 3.10 bits per heavy atom. The first-order valence-electron chi connectivity index (χ1n) is 6.63. The predicted octanol–water partition coefficient (Wildman–Crippen LogP) is 2.96. The van der Waals surface area contributed by atoms with Crippen LogP contribution < -0.4 is 10.1 Å². The normalized spacial score (nSPS) is 14.1. The molecule has 1 aliphatic rings. The summed E-state index contributed by atoms with van der Waals surface area (Å²) in [5.74, 6) is 1.25. The summed E-state index contributed by atoms with van der Waals surface area (Å²) in [6.45, 7) is 0.471. The zero-order valence-corrected chi connectivity index (χ0v) is 12.1. The number of hydrogen-bond acceptors (Lipinski definition) is 4. The summed E-state index contributed by atoms with van der Waals surface area (Å²) in [5.41, 5.74) is 1.54. The minimum Gasteiger partial charge on any atom is -0.497 e. The number of nitrogens with zero attached hydrogens (tertiary/aromatic N) is 1. The zero-order valence-electron chi connectivity index (χ0n) is 11.3. The van der Waals surface area contributed by atoms with Gasteiger partial charge in [0.2, 0.25) is 0 Å². The maximum Gasteiger partial charge on any atom is 0.251 e. The highest BCUT2D eigenvalue weighted by Gasteiger charge is 2.26. The Kier molecular flexibility index (Phi) is 3.69. The summed E-state index contributed by atoms with van der Waals surface area (Å²) >= 11 is 1.69. The van der Waals surface area contributed by atoms with E-state index < -0.39 is 0 Å². The van der Waals surface area contributed by atoms with Crippen LogP contribution >= 0.6 is 11.3 Å². The molecule has 1 fully saturated rings. The van der Waals surface area contributed by atoms with Gasteiger partial charge in [-0.2, -0.15) is 0 Å². The molecule has 1 saturated carbocycles. The van der Waals surface area contributed by atoms with Gasteiger partial charge in [-0.15, -0.1) is 11.3 Å². The van der Waals surface area contributed by atoms with E-state index in [4.69, 9.17) is 4.74 Å². The van der Waals surface area contributed by atoms with Crippen LogP contribution in [0.5, 0.6) is 5.75 Å². The molecule has 0 radical (unpaired) electrons. The molecule has 1 aromatic carbocycles. The molecule has 1 heterocycles. The Bertz CT molecular complexity index is 620. The van der Waals surface area contributed by atoms with Crippen molar-refractivity contribution >= 4 is 17.2 Å². The third-order valence-corrected chi connectivity index (χ3v) is 4.31. The standard InChI is InChI=1S/C15H16N2O2S/c1-19-13-4-2-3-11(7-13)14(18)16-8-12-9-20-15(17-12)10-5-6-10/h2-4,7,9-10H,5-6,8H2,1H3,(H,16,18). The van der Waals surface area contributed by atoms with E-state index in [1.54, 1.807) is 30.6 Å². The quantitative estimate of drug-likeness (QED) is 0.920. The number of nitrogens with one attached hydrogen (secondary N) is 1. The van der Waals surface area contributed by atoms with E-state index in [0.717, 1.165) is 5.69 Å². The summed E-state index contributed by atoms with van der Waals surface area (Å²) < 4.78 is 5.11. The molecule has 1 aliphatic carbocycles. The number of carbonyl (C=O) groups excluding carboxylic acids is 1. The van der Waals surface area contributed by atoms with Gasteiger partial charge in [0.1, 0.15) is 5.75 Å². The fraction of sp³-hybridized carbons (Fsp3) is 0.333. The molecule has 1 aromatic heterocycles. The number of thiazole rings is 1. The molecular formula is C15H16N2O2S. The van der Waals surface area contributed by atoms with Crippen LogP contribution in [0.3, 0.4) is 0 Å². The predicted molar refractivity (Wildman–Crippen MR) is 78.3 cm³/mol. The van der Waals surface area contributed by atoms with Crippen molar-refractivity contribution in [3.8, 4) is 5.75 Å². The highest BCUT2D eigenvalue weighted by atomic mass is 32.1. The van der Waals surface area contributed by atoms with Gasteiger partial charge in [0, 0.05) is 16.9 Å². The molecule has 0 spiro atoms. The molecule has 0 bridgehead atoms. The largest absolute Gasteiger partial charge is 0.497 e. The number of carbonyl (C=O) groups is 1. The van der Waals surface area contributed by atoms with Crippen LogP contribution in [0.15, 0.2) is 29.6 Å². The lowest BCUT2D eigenvalue weighted by Gasteiger charge is -2.05. The molecule has 20 heavy (non-hydrogen) atoms. The minimum absolute atomic E-state index is 0.107. The van der Waals surface area contributed by atoms with Crippen molar-refractivity contribution in [3.63, 3.8) is 0 Å². The number of amides is 1. The number of ether oxygens (including phenoxy) is 1. The Morgan fingerprint density at radius 2 is 2.35 bits per heavy atom. The van der Waals surface area contributed by atoms with Crippen LogP contribution in [0, 0.1) is 0 Å². The van der Waals surface area contributed by atoms with Crippen molar-refractivity contribution in [2.75, 3.05) is 7.11 Å². The Labute approximate surface area is 121 Å². The van der Waals surface area contributed by atoms with Gasteiger partial charge in [0.15, 0.2) is 0 Å². The fourth-order valence-electron chi connectivity index (χ4n) is 1.96. The van der Waals surface area contributed by atoms with E-state index in [-0.39, 0.29) is 5.91 Å². The number of methoxy groups -OCH3 is 1. The maximum atomic E-state index is 12.0. The van der Waals surface area contributed by atoms with Gasteiger partial charge in [0.05, 0.1) is 24.4 Å². The van der Waals surface area contributed by atoms with Gasteiger partial charge in [-0.05, 0) is 31.0 Å². The van der Waals surface area contributed by atoms with Crippen LogP contribution in [-0.2, 0) is 6.54 Å². The molecule has 2 aromatic rings. The highest BCUT2D eigenvalue weighted by molar-refractivity contribution is 7.09. The summed E-state index contributed by atoms with van der Waals surface area (Å²) in [6.07, 6.45) is 2.51. The first-order chi connectivity index (χ1) is 9.76.